The number of hydrogen-bond donors (Lipinski definition) is 1. The molecule has 2 nitrogen and oxygen atoms in total. The average Bonchev–Trinajstić information content (AvgIpc) is 2.60. The summed E-state index contributed by atoms with van der Waals surface area (Å²) < 4.78 is 0. The van der Waals surface area contributed by atoms with Crippen LogP contribution < -0.4 is 0 Å². The van der Waals surface area contributed by atoms with Gasteiger partial charge in [0.25, 0.3) is 0 Å². The highest BCUT2D eigenvalue weighted by molar-refractivity contribution is 7.09. The van der Waals surface area contributed by atoms with Gasteiger partial charge in [0.05, 0.1) is 16.8 Å². The normalized spacial score (nSPS) is 16.2. The van der Waals surface area contributed by atoms with Crippen molar-refractivity contribution in [1.29, 1.82) is 0 Å². The lowest BCUT2D eigenvalue weighted by molar-refractivity contribution is 0.0976. The van der Waals surface area contributed by atoms with E-state index in [4.69, 9.17) is 4.98 Å². The van der Waals surface area contributed by atoms with E-state index in [1.54, 1.807) is 11.3 Å². The van der Waals surface area contributed by atoms with Gasteiger partial charge in [0, 0.05) is 17.2 Å². The van der Waals surface area contributed by atoms with Gasteiger partial charge in [-0.3, -0.25) is 0 Å². The van der Waals surface area contributed by atoms with Crippen molar-refractivity contribution >= 4 is 11.3 Å². The van der Waals surface area contributed by atoms with Crippen molar-refractivity contribution < 1.29 is 5.11 Å². The third-order valence-corrected chi connectivity index (χ3v) is 4.08. The molecule has 17 heavy (non-hydrogen) atoms. The SMILES string of the molecule is CC(C)C(Cc1nc(C(C)(C)C)cs1)C(C)O. The van der Waals surface area contributed by atoms with Crippen LogP contribution in [-0.4, -0.2) is 16.2 Å². The largest absolute Gasteiger partial charge is 0.393 e. The van der Waals surface area contributed by atoms with Gasteiger partial charge in [-0.05, 0) is 18.8 Å². The van der Waals surface area contributed by atoms with E-state index in [0.29, 0.717) is 11.8 Å². The van der Waals surface area contributed by atoms with Crippen molar-refractivity contribution in [3.63, 3.8) is 0 Å². The number of hydrogen-bond acceptors (Lipinski definition) is 3. The molecule has 3 heteroatoms. The van der Waals surface area contributed by atoms with Crippen molar-refractivity contribution in [2.24, 2.45) is 11.8 Å². The van der Waals surface area contributed by atoms with E-state index in [1.165, 1.54) is 0 Å². The highest BCUT2D eigenvalue weighted by Crippen LogP contribution is 2.27. The topological polar surface area (TPSA) is 33.1 Å². The van der Waals surface area contributed by atoms with E-state index in [1.807, 2.05) is 6.92 Å². The number of thiazole rings is 1. The second-order valence-electron chi connectivity index (χ2n) is 6.23. The van der Waals surface area contributed by atoms with Crippen LogP contribution in [0.4, 0.5) is 0 Å². The third-order valence-electron chi connectivity index (χ3n) is 3.21. The summed E-state index contributed by atoms with van der Waals surface area (Å²) in [5.41, 5.74) is 1.28. The Balaban J connectivity index is 2.78. The predicted molar refractivity (Wildman–Crippen MR) is 74.5 cm³/mol. The zero-order valence-electron chi connectivity index (χ0n) is 11.8. The minimum Gasteiger partial charge on any atom is -0.393 e. The Kier molecular flexibility index (Phi) is 4.73. The summed E-state index contributed by atoms with van der Waals surface area (Å²) in [6, 6.07) is 0. The van der Waals surface area contributed by atoms with E-state index in [-0.39, 0.29) is 11.5 Å². The molecule has 1 heterocycles. The maximum atomic E-state index is 9.79. The molecule has 0 radical (unpaired) electrons. The number of nitrogens with zero attached hydrogens (tertiary/aromatic N) is 1. The zero-order valence-corrected chi connectivity index (χ0v) is 12.6. The molecule has 0 aromatic carbocycles. The van der Waals surface area contributed by atoms with Gasteiger partial charge in [-0.2, -0.15) is 0 Å². The average molecular weight is 255 g/mol. The van der Waals surface area contributed by atoms with Gasteiger partial charge in [-0.15, -0.1) is 11.3 Å². The van der Waals surface area contributed by atoms with Crippen LogP contribution in [0.1, 0.15) is 52.2 Å². The van der Waals surface area contributed by atoms with Crippen molar-refractivity contribution in [1.82, 2.24) is 4.98 Å². The number of aromatic nitrogens is 1. The number of aliphatic hydroxyl groups is 1. The molecule has 0 fully saturated rings. The monoisotopic (exact) mass is 255 g/mol. The fourth-order valence-corrected chi connectivity index (χ4v) is 3.01. The molecular weight excluding hydrogens is 230 g/mol. The standard InChI is InChI=1S/C14H25NOS/c1-9(2)11(10(3)16)7-13-15-12(8-17-13)14(4,5)6/h8-11,16H,7H2,1-6H3. The zero-order chi connectivity index (χ0) is 13.2. The predicted octanol–water partition coefficient (Wildman–Crippen LogP) is 3.64. The quantitative estimate of drug-likeness (QED) is 0.891. The summed E-state index contributed by atoms with van der Waals surface area (Å²) >= 11 is 1.72. The lowest BCUT2D eigenvalue weighted by atomic mass is 9.88. The molecule has 0 aliphatic heterocycles. The summed E-state index contributed by atoms with van der Waals surface area (Å²) in [5, 5.41) is 13.1. The molecule has 0 aliphatic carbocycles. The highest BCUT2D eigenvalue weighted by Gasteiger charge is 2.23. The van der Waals surface area contributed by atoms with Crippen LogP contribution in [0.15, 0.2) is 5.38 Å². The van der Waals surface area contributed by atoms with Gasteiger partial charge in [-0.1, -0.05) is 34.6 Å². The van der Waals surface area contributed by atoms with E-state index >= 15 is 0 Å². The molecule has 98 valence electrons. The Hall–Kier alpha value is -0.410. The molecule has 2 atom stereocenters. The molecule has 0 saturated heterocycles. The van der Waals surface area contributed by atoms with Crippen LogP contribution in [0.3, 0.4) is 0 Å². The van der Waals surface area contributed by atoms with E-state index in [2.05, 4.69) is 40.0 Å². The van der Waals surface area contributed by atoms with E-state index < -0.39 is 0 Å². The van der Waals surface area contributed by atoms with E-state index in [9.17, 15) is 5.11 Å². The van der Waals surface area contributed by atoms with Crippen LogP contribution >= 0.6 is 11.3 Å². The summed E-state index contributed by atoms with van der Waals surface area (Å²) in [5.74, 6) is 0.783. The minimum absolute atomic E-state index is 0.118. The van der Waals surface area contributed by atoms with Gasteiger partial charge in [-0.25, -0.2) is 4.98 Å². The Morgan fingerprint density at radius 2 is 1.88 bits per heavy atom. The molecule has 0 amide bonds. The van der Waals surface area contributed by atoms with Gasteiger partial charge < -0.3 is 5.11 Å². The first-order chi connectivity index (χ1) is 7.71. The molecule has 2 unspecified atom stereocenters. The van der Waals surface area contributed by atoms with Crippen molar-refractivity contribution in [3.05, 3.63) is 16.1 Å². The Bertz CT molecular complexity index is 341. The number of rotatable bonds is 4. The summed E-state index contributed by atoms with van der Waals surface area (Å²) in [4.78, 5) is 4.69. The molecule has 1 N–H and O–H groups in total. The lowest BCUT2D eigenvalue weighted by Crippen LogP contribution is -2.24. The molecule has 1 aromatic heterocycles. The first-order valence-electron chi connectivity index (χ1n) is 6.34. The smallest absolute Gasteiger partial charge is 0.0932 e. The van der Waals surface area contributed by atoms with Crippen LogP contribution in [-0.2, 0) is 11.8 Å². The molecule has 0 saturated carbocycles. The van der Waals surface area contributed by atoms with Gasteiger partial charge in [0.15, 0.2) is 0 Å². The van der Waals surface area contributed by atoms with Crippen LogP contribution in [0.25, 0.3) is 0 Å². The molecular formula is C14H25NOS. The molecule has 1 rings (SSSR count). The van der Waals surface area contributed by atoms with Crippen LogP contribution in [0, 0.1) is 11.8 Å². The maximum Gasteiger partial charge on any atom is 0.0932 e. The molecule has 1 aromatic rings. The minimum atomic E-state index is -0.267. The second kappa shape index (κ2) is 5.49. The number of aliphatic hydroxyl groups excluding tert-OH is 1. The van der Waals surface area contributed by atoms with Crippen LogP contribution in [0.2, 0.25) is 0 Å². The molecule has 0 bridgehead atoms. The molecule has 0 spiro atoms. The second-order valence-corrected chi connectivity index (χ2v) is 7.17. The fraction of sp³-hybridized carbons (Fsp3) is 0.786. The summed E-state index contributed by atoms with van der Waals surface area (Å²) in [6.45, 7) is 12.7. The first kappa shape index (κ1) is 14.7. The van der Waals surface area contributed by atoms with Crippen molar-refractivity contribution in [3.8, 4) is 0 Å². The molecule has 0 aliphatic rings. The van der Waals surface area contributed by atoms with Crippen molar-refractivity contribution in [2.75, 3.05) is 0 Å². The Morgan fingerprint density at radius 3 is 2.24 bits per heavy atom. The Morgan fingerprint density at radius 1 is 1.29 bits per heavy atom. The maximum absolute atomic E-state index is 9.79. The van der Waals surface area contributed by atoms with E-state index in [0.717, 1.165) is 17.1 Å². The third kappa shape index (κ3) is 4.07. The fourth-order valence-electron chi connectivity index (χ4n) is 1.91. The van der Waals surface area contributed by atoms with Crippen molar-refractivity contribution in [2.45, 2.75) is 59.5 Å². The van der Waals surface area contributed by atoms with Gasteiger partial charge >= 0.3 is 0 Å². The Labute approximate surface area is 109 Å². The van der Waals surface area contributed by atoms with Crippen LogP contribution in [0.5, 0.6) is 0 Å². The van der Waals surface area contributed by atoms with Gasteiger partial charge in [0.1, 0.15) is 0 Å². The highest BCUT2D eigenvalue weighted by atomic mass is 32.1. The summed E-state index contributed by atoms with van der Waals surface area (Å²) in [6.07, 6.45) is 0.618. The van der Waals surface area contributed by atoms with Gasteiger partial charge in [0.2, 0.25) is 0 Å². The first-order valence-corrected chi connectivity index (χ1v) is 7.22. The summed E-state index contributed by atoms with van der Waals surface area (Å²) in [7, 11) is 0. The lowest BCUT2D eigenvalue weighted by Gasteiger charge is -2.22.